The number of benzene rings is 2. The van der Waals surface area contributed by atoms with Crippen LogP contribution in [-0.2, 0) is 4.74 Å². The summed E-state index contributed by atoms with van der Waals surface area (Å²) >= 11 is 14.0. The predicted octanol–water partition coefficient (Wildman–Crippen LogP) is 6.71. The van der Waals surface area contributed by atoms with Crippen LogP contribution in [0.25, 0.3) is 10.2 Å². The van der Waals surface area contributed by atoms with Crippen LogP contribution in [0.3, 0.4) is 0 Å². The third-order valence-corrected chi connectivity index (χ3v) is 9.31. The number of hydrogen-bond donors (Lipinski definition) is 3. The number of aromatic nitrogens is 1. The summed E-state index contributed by atoms with van der Waals surface area (Å²) in [5.74, 6) is -1.38. The Morgan fingerprint density at radius 1 is 1.21 bits per heavy atom. The number of allylic oxidation sites excluding steroid dienone is 1. The predicted molar refractivity (Wildman–Crippen MR) is 146 cm³/mol. The minimum atomic E-state index is -1.17. The van der Waals surface area contributed by atoms with E-state index in [2.05, 4.69) is 9.88 Å². The highest BCUT2D eigenvalue weighted by atomic mass is 35.5. The molecule has 3 aliphatic rings. The summed E-state index contributed by atoms with van der Waals surface area (Å²) in [6, 6.07) is 7.69. The number of nitrogens with zero attached hydrogens (tertiary/aromatic N) is 2. The number of thiazole rings is 1. The first-order chi connectivity index (χ1) is 18.2. The van der Waals surface area contributed by atoms with Crippen molar-refractivity contribution in [3.63, 3.8) is 0 Å². The summed E-state index contributed by atoms with van der Waals surface area (Å²) in [5.41, 5.74) is 0.969. The summed E-state index contributed by atoms with van der Waals surface area (Å²) in [6.45, 7) is 0.769. The van der Waals surface area contributed by atoms with Crippen molar-refractivity contribution >= 4 is 61.6 Å². The highest BCUT2D eigenvalue weighted by Crippen LogP contribution is 2.45. The van der Waals surface area contributed by atoms with Crippen LogP contribution in [0.4, 0.5) is 9.52 Å². The van der Waals surface area contributed by atoms with E-state index in [0.29, 0.717) is 37.6 Å². The Labute approximate surface area is 232 Å². The average molecular weight is 576 g/mol. The van der Waals surface area contributed by atoms with Crippen molar-refractivity contribution in [3.8, 4) is 0 Å². The zero-order valence-electron chi connectivity index (χ0n) is 20.1. The molecule has 2 saturated carbocycles. The van der Waals surface area contributed by atoms with Gasteiger partial charge in [-0.25, -0.2) is 14.2 Å². The number of piperidine rings is 1. The minimum absolute atomic E-state index is 0.0341. The van der Waals surface area contributed by atoms with E-state index in [4.69, 9.17) is 33.3 Å². The van der Waals surface area contributed by atoms with Crippen molar-refractivity contribution in [2.45, 2.75) is 37.8 Å². The maximum atomic E-state index is 14.5. The fraction of sp³-hybridized carbons (Fsp3) is 0.370. The van der Waals surface area contributed by atoms with Gasteiger partial charge in [-0.05, 0) is 49.9 Å². The van der Waals surface area contributed by atoms with E-state index in [-0.39, 0.29) is 53.1 Å². The van der Waals surface area contributed by atoms with Gasteiger partial charge in [0.05, 0.1) is 38.7 Å². The lowest BCUT2D eigenvalue weighted by Crippen LogP contribution is -2.39. The maximum absolute atomic E-state index is 14.5. The molecule has 0 amide bonds. The normalized spacial score (nSPS) is 23.2. The van der Waals surface area contributed by atoms with Crippen LogP contribution in [-0.4, -0.2) is 52.2 Å². The summed E-state index contributed by atoms with van der Waals surface area (Å²) < 4.78 is 21.3. The molecule has 3 fully saturated rings. The number of aliphatic hydroxyl groups is 1. The molecule has 3 atom stereocenters. The molecule has 3 aromatic rings. The number of carboxylic acids is 1. The van der Waals surface area contributed by atoms with E-state index in [1.165, 1.54) is 17.4 Å². The van der Waals surface area contributed by atoms with Gasteiger partial charge in [-0.3, -0.25) is 5.41 Å². The summed E-state index contributed by atoms with van der Waals surface area (Å²) in [4.78, 5) is 17.9. The van der Waals surface area contributed by atoms with Crippen molar-refractivity contribution < 1.29 is 24.1 Å². The Morgan fingerprint density at radius 2 is 1.95 bits per heavy atom. The van der Waals surface area contributed by atoms with Crippen molar-refractivity contribution in [2.75, 3.05) is 18.1 Å². The fourth-order valence-electron chi connectivity index (χ4n) is 5.52. The number of fused-ring (bicyclic) bond motifs is 3. The third kappa shape index (κ3) is 4.55. The number of anilines is 1. The molecule has 2 bridgehead atoms. The number of carboxylic acid groups (broad SMARTS) is 1. The van der Waals surface area contributed by atoms with E-state index >= 15 is 0 Å². The number of ether oxygens (including phenoxy) is 1. The summed E-state index contributed by atoms with van der Waals surface area (Å²) in [6.07, 6.45) is 3.32. The van der Waals surface area contributed by atoms with Crippen LogP contribution < -0.4 is 4.90 Å². The quantitative estimate of drug-likeness (QED) is 0.203. The van der Waals surface area contributed by atoms with Crippen LogP contribution in [0, 0.1) is 23.1 Å². The van der Waals surface area contributed by atoms with Gasteiger partial charge in [0.2, 0.25) is 0 Å². The van der Waals surface area contributed by atoms with E-state index in [9.17, 15) is 19.4 Å². The Morgan fingerprint density at radius 3 is 2.58 bits per heavy atom. The van der Waals surface area contributed by atoms with Crippen molar-refractivity contribution in [3.05, 3.63) is 68.7 Å². The molecule has 1 saturated heterocycles. The van der Waals surface area contributed by atoms with E-state index in [1.54, 1.807) is 18.2 Å². The number of nitrogens with one attached hydrogen (secondary N) is 1. The molecule has 2 heterocycles. The minimum Gasteiger partial charge on any atom is -0.512 e. The van der Waals surface area contributed by atoms with Gasteiger partial charge in [-0.2, -0.15) is 0 Å². The van der Waals surface area contributed by atoms with Crippen LogP contribution in [0.15, 0.2) is 41.7 Å². The summed E-state index contributed by atoms with van der Waals surface area (Å²) in [5, 5.41) is 30.3. The second-order valence-corrected chi connectivity index (χ2v) is 11.9. The first-order valence-corrected chi connectivity index (χ1v) is 14.0. The number of carbonyl (C=O) groups is 1. The molecule has 198 valence electrons. The number of halogens is 3. The van der Waals surface area contributed by atoms with Gasteiger partial charge in [0.1, 0.15) is 11.3 Å². The molecule has 7 nitrogen and oxygen atoms in total. The van der Waals surface area contributed by atoms with Crippen molar-refractivity contribution in [2.24, 2.45) is 11.8 Å². The Bertz CT molecular complexity index is 1480. The first kappa shape index (κ1) is 25.6. The molecule has 38 heavy (non-hydrogen) atoms. The lowest BCUT2D eigenvalue weighted by molar-refractivity contribution is 0.0390. The van der Waals surface area contributed by atoms with Gasteiger partial charge in [-0.15, -0.1) is 0 Å². The molecule has 0 unspecified atom stereocenters. The second-order valence-electron chi connectivity index (χ2n) is 10.1. The van der Waals surface area contributed by atoms with Crippen LogP contribution in [0.2, 0.25) is 10.0 Å². The lowest BCUT2D eigenvalue weighted by atomic mass is 9.99. The molecule has 11 heteroatoms. The van der Waals surface area contributed by atoms with Gasteiger partial charge in [0, 0.05) is 35.6 Å². The number of aliphatic hydroxyl groups excluding tert-OH is 1. The standard InChI is InChI=1S/C27H24Cl2FN3O4S/c28-17-2-1-3-18(29)22(17)23(31)16(25(34)12-4-5-12)11-37-20-9-15-6-14(20)10-33(15)27-32-24-19(30)7-13(26(35)36)8-21(24)38-27/h1-3,7-8,12,14-15,20,31,34H,4-6,9-11H2,(H,35,36)/b25-16-,31-23?/t14-,15-,20+/m0/s1. The highest BCUT2D eigenvalue weighted by molar-refractivity contribution is 7.22. The first-order valence-electron chi connectivity index (χ1n) is 12.4. The second kappa shape index (κ2) is 9.79. The summed E-state index contributed by atoms with van der Waals surface area (Å²) in [7, 11) is 0. The fourth-order valence-corrected chi connectivity index (χ4v) is 7.21. The average Bonchev–Trinajstić information content (AvgIpc) is 3.32. The molecule has 3 N–H and O–H groups in total. The molecular weight excluding hydrogens is 552 g/mol. The zero-order chi connectivity index (χ0) is 26.7. The van der Waals surface area contributed by atoms with Crippen LogP contribution in [0.5, 0.6) is 0 Å². The van der Waals surface area contributed by atoms with Gasteiger partial charge < -0.3 is 19.8 Å². The highest BCUT2D eigenvalue weighted by Gasteiger charge is 2.46. The third-order valence-electron chi connectivity index (χ3n) is 7.64. The molecule has 6 rings (SSSR count). The van der Waals surface area contributed by atoms with Gasteiger partial charge in [0.25, 0.3) is 0 Å². The smallest absolute Gasteiger partial charge is 0.335 e. The molecule has 0 radical (unpaired) electrons. The Hall–Kier alpha value is -2.72. The van der Waals surface area contributed by atoms with Crippen LogP contribution >= 0.6 is 34.5 Å². The van der Waals surface area contributed by atoms with Gasteiger partial charge >= 0.3 is 5.97 Å². The number of rotatable bonds is 8. The van der Waals surface area contributed by atoms with Crippen molar-refractivity contribution in [1.29, 1.82) is 5.41 Å². The number of hydrogen-bond acceptors (Lipinski definition) is 7. The van der Waals surface area contributed by atoms with E-state index < -0.39 is 11.8 Å². The van der Waals surface area contributed by atoms with E-state index in [1.807, 2.05) is 0 Å². The van der Waals surface area contributed by atoms with Gasteiger partial charge in [-0.1, -0.05) is 40.6 Å². The topological polar surface area (TPSA) is 107 Å². The number of aromatic carboxylic acids is 1. The largest absolute Gasteiger partial charge is 0.512 e. The molecule has 2 aliphatic carbocycles. The maximum Gasteiger partial charge on any atom is 0.335 e. The van der Waals surface area contributed by atoms with E-state index in [0.717, 1.165) is 31.7 Å². The lowest BCUT2D eigenvalue weighted by Gasteiger charge is -2.31. The van der Waals surface area contributed by atoms with Crippen molar-refractivity contribution in [1.82, 2.24) is 4.98 Å². The SMILES string of the molecule is N=C(/C(CO[C@@H]1C[C@@H]2C[C@H]1CN2c1nc2c(F)cc(C(=O)O)cc2s1)=C(\O)C1CC1)c1c(Cl)cccc1Cl. The molecule has 1 aromatic heterocycles. The molecule has 2 aromatic carbocycles. The van der Waals surface area contributed by atoms with Gasteiger partial charge in [0.15, 0.2) is 10.9 Å². The molecular formula is C27H24Cl2FN3O4S. The Balaban J connectivity index is 1.17. The Kier molecular flexibility index (Phi) is 6.58. The monoisotopic (exact) mass is 575 g/mol. The molecule has 1 aliphatic heterocycles. The zero-order valence-corrected chi connectivity index (χ0v) is 22.4. The van der Waals surface area contributed by atoms with Crippen LogP contribution in [0.1, 0.15) is 41.6 Å². The molecule has 0 spiro atoms.